The fraction of sp³-hybridized carbons (Fsp3) is 0.800. The van der Waals surface area contributed by atoms with Crippen LogP contribution in [0.15, 0.2) is 10.6 Å². The summed E-state index contributed by atoms with van der Waals surface area (Å²) >= 11 is 1.49. The van der Waals surface area contributed by atoms with E-state index in [1.807, 2.05) is 6.92 Å². The molecule has 0 aromatic rings. The Balaban J connectivity index is 1.12. The number of aliphatic hydroxyl groups excluding tert-OH is 1. The van der Waals surface area contributed by atoms with Crippen LogP contribution in [0.4, 0.5) is 0 Å². The molecule has 8 nitrogen and oxygen atoms in total. The molecule has 0 aromatic carbocycles. The first-order valence-electron chi connectivity index (χ1n) is 12.9. The maximum Gasteiger partial charge on any atom is 0.353 e. The molecule has 7 aliphatic rings. The standard InChI is InChI=1S/C25H35N3O5S/c1-11-19-18(12(2)29)23(31)28(19)20(24(32)33)21(11)34-16-6-17(26-10-16)22(30)27-25-7-13-3-14(8-25)5-15(4-13)9-25/h11-19,26,29H,3-10H2,1-2H3,(H,27,30)(H,32,33)/t11-,12-,13?,14?,15?,16-,17+,18-,19?,25?/m0/s1. The maximum atomic E-state index is 13.3. The summed E-state index contributed by atoms with van der Waals surface area (Å²) in [5.74, 6) is 0.301. The number of carboxylic acid groups (broad SMARTS) is 1. The highest BCUT2D eigenvalue weighted by Gasteiger charge is 2.60. The van der Waals surface area contributed by atoms with Crippen LogP contribution in [-0.2, 0) is 14.4 Å². The lowest BCUT2D eigenvalue weighted by Crippen LogP contribution is -2.63. The maximum absolute atomic E-state index is 13.3. The third kappa shape index (κ3) is 3.45. The lowest BCUT2D eigenvalue weighted by Gasteiger charge is -2.57. The molecule has 4 saturated carbocycles. The highest BCUT2D eigenvalue weighted by Crippen LogP contribution is 2.56. The minimum atomic E-state index is -1.10. The summed E-state index contributed by atoms with van der Waals surface area (Å²) in [6.07, 6.45) is 7.22. The molecule has 186 valence electrons. The minimum absolute atomic E-state index is 0.0133. The van der Waals surface area contributed by atoms with E-state index in [4.69, 9.17) is 0 Å². The number of nitrogens with zero attached hydrogens (tertiary/aromatic N) is 1. The van der Waals surface area contributed by atoms with Crippen molar-refractivity contribution in [2.75, 3.05) is 6.54 Å². The molecule has 7 rings (SSSR count). The van der Waals surface area contributed by atoms with E-state index in [1.54, 1.807) is 6.92 Å². The number of fused-ring (bicyclic) bond motifs is 1. The molecule has 1 unspecified atom stereocenters. The van der Waals surface area contributed by atoms with Gasteiger partial charge in [0.05, 0.1) is 24.1 Å². The van der Waals surface area contributed by atoms with Crippen molar-refractivity contribution in [1.82, 2.24) is 15.5 Å². The van der Waals surface area contributed by atoms with Crippen LogP contribution in [0.2, 0.25) is 0 Å². The number of thioether (sulfide) groups is 1. The van der Waals surface area contributed by atoms with Crippen molar-refractivity contribution in [1.29, 1.82) is 0 Å². The summed E-state index contributed by atoms with van der Waals surface area (Å²) in [6, 6.07) is -0.564. The van der Waals surface area contributed by atoms with Crippen LogP contribution in [0.25, 0.3) is 0 Å². The average molecular weight is 490 g/mol. The first-order valence-corrected chi connectivity index (χ1v) is 13.7. The summed E-state index contributed by atoms with van der Waals surface area (Å²) in [7, 11) is 0. The molecular weight excluding hydrogens is 454 g/mol. The summed E-state index contributed by atoms with van der Waals surface area (Å²) < 4.78 is 0. The quantitative estimate of drug-likeness (QED) is 0.419. The number of carbonyl (C=O) groups is 3. The van der Waals surface area contributed by atoms with Gasteiger partial charge in [0.15, 0.2) is 0 Å². The van der Waals surface area contributed by atoms with Crippen LogP contribution in [0, 0.1) is 29.6 Å². The fourth-order valence-corrected chi connectivity index (χ4v) is 9.94. The van der Waals surface area contributed by atoms with Gasteiger partial charge < -0.3 is 25.7 Å². The van der Waals surface area contributed by atoms with Crippen molar-refractivity contribution in [3.63, 3.8) is 0 Å². The van der Waals surface area contributed by atoms with Gasteiger partial charge in [-0.05, 0) is 69.6 Å². The highest BCUT2D eigenvalue weighted by molar-refractivity contribution is 8.03. The first kappa shape index (κ1) is 22.9. The summed E-state index contributed by atoms with van der Waals surface area (Å²) in [5, 5.41) is 26.8. The van der Waals surface area contributed by atoms with Gasteiger partial charge in [0.25, 0.3) is 0 Å². The largest absolute Gasteiger partial charge is 0.477 e. The molecule has 3 heterocycles. The van der Waals surface area contributed by atoms with Crippen LogP contribution in [0.5, 0.6) is 0 Å². The molecule has 2 saturated heterocycles. The predicted molar refractivity (Wildman–Crippen MR) is 126 cm³/mol. The van der Waals surface area contributed by atoms with E-state index in [-0.39, 0.29) is 46.3 Å². The monoisotopic (exact) mass is 489 g/mol. The van der Waals surface area contributed by atoms with Gasteiger partial charge in [-0.1, -0.05) is 6.92 Å². The normalized spacial score (nSPS) is 45.4. The molecule has 6 fully saturated rings. The van der Waals surface area contributed by atoms with E-state index in [0.29, 0.717) is 17.9 Å². The Bertz CT molecular complexity index is 929. The van der Waals surface area contributed by atoms with E-state index >= 15 is 0 Å². The number of aliphatic hydroxyl groups is 1. The SMILES string of the molecule is C[C@@H]1C(S[C@@H]2CN[C@@H](C(=O)NC34CC5CC(CC(C5)C3)C4)C2)=C(C(=O)O)N2C(=O)[C@@H]([C@H](C)O)C12. The second-order valence-electron chi connectivity index (χ2n) is 11.9. The number of hydrogen-bond acceptors (Lipinski definition) is 6. The minimum Gasteiger partial charge on any atom is -0.477 e. The average Bonchev–Trinajstić information content (AvgIpc) is 3.29. The van der Waals surface area contributed by atoms with Crippen molar-refractivity contribution in [2.45, 2.75) is 87.8 Å². The van der Waals surface area contributed by atoms with Crippen LogP contribution in [0.3, 0.4) is 0 Å². The molecule has 0 spiro atoms. The zero-order valence-electron chi connectivity index (χ0n) is 19.8. The third-order valence-electron chi connectivity index (χ3n) is 9.44. The zero-order valence-corrected chi connectivity index (χ0v) is 20.6. The number of aliphatic carboxylic acids is 1. The van der Waals surface area contributed by atoms with Crippen molar-refractivity contribution in [2.24, 2.45) is 29.6 Å². The van der Waals surface area contributed by atoms with Gasteiger partial charge in [-0.25, -0.2) is 4.79 Å². The van der Waals surface area contributed by atoms with Crippen LogP contribution >= 0.6 is 11.8 Å². The van der Waals surface area contributed by atoms with Crippen LogP contribution < -0.4 is 10.6 Å². The topological polar surface area (TPSA) is 119 Å². The molecule has 0 aromatic heterocycles. The number of rotatable bonds is 6. The molecule has 0 radical (unpaired) electrons. The van der Waals surface area contributed by atoms with Gasteiger partial charge >= 0.3 is 5.97 Å². The van der Waals surface area contributed by atoms with Crippen molar-refractivity contribution >= 4 is 29.5 Å². The summed E-state index contributed by atoms with van der Waals surface area (Å²) in [6.45, 7) is 4.16. The van der Waals surface area contributed by atoms with E-state index in [9.17, 15) is 24.6 Å². The van der Waals surface area contributed by atoms with Gasteiger partial charge in [-0.15, -0.1) is 11.8 Å². The Kier molecular flexibility index (Phi) is 5.35. The molecule has 4 bridgehead atoms. The molecule has 2 amide bonds. The van der Waals surface area contributed by atoms with Gasteiger partial charge in [-0.2, -0.15) is 0 Å². The number of carbonyl (C=O) groups excluding carboxylic acids is 2. The number of carboxylic acids is 1. The lowest BCUT2D eigenvalue weighted by atomic mass is 9.53. The molecule has 4 N–H and O–H groups in total. The van der Waals surface area contributed by atoms with Crippen molar-refractivity contribution < 1.29 is 24.6 Å². The zero-order chi connectivity index (χ0) is 23.9. The molecule has 4 aliphatic carbocycles. The van der Waals surface area contributed by atoms with Gasteiger partial charge in [-0.3, -0.25) is 9.59 Å². The number of β-lactam (4-membered cyclic amide) rings is 1. The number of amides is 2. The van der Waals surface area contributed by atoms with Crippen molar-refractivity contribution in [3.05, 3.63) is 10.6 Å². The molecule has 9 heteroatoms. The second kappa shape index (κ2) is 7.96. The Hall–Kier alpha value is -1.58. The fourth-order valence-electron chi connectivity index (χ4n) is 8.46. The van der Waals surface area contributed by atoms with E-state index in [2.05, 4.69) is 10.6 Å². The molecule has 3 aliphatic heterocycles. The Morgan fingerprint density at radius 1 is 1.15 bits per heavy atom. The molecule has 6 atom stereocenters. The van der Waals surface area contributed by atoms with Gasteiger partial charge in [0.2, 0.25) is 11.8 Å². The Morgan fingerprint density at radius 3 is 2.32 bits per heavy atom. The van der Waals surface area contributed by atoms with Gasteiger partial charge in [0, 0.05) is 28.2 Å². The van der Waals surface area contributed by atoms with Crippen LogP contribution in [0.1, 0.15) is 58.8 Å². The molecular formula is C25H35N3O5S. The summed E-state index contributed by atoms with van der Waals surface area (Å²) in [4.78, 5) is 39.9. The van der Waals surface area contributed by atoms with E-state index in [0.717, 1.165) is 37.0 Å². The third-order valence-corrected chi connectivity index (χ3v) is 10.9. The van der Waals surface area contributed by atoms with Crippen molar-refractivity contribution in [3.8, 4) is 0 Å². The first-order chi connectivity index (χ1) is 16.2. The Morgan fingerprint density at radius 2 is 1.76 bits per heavy atom. The highest BCUT2D eigenvalue weighted by atomic mass is 32.2. The predicted octanol–water partition coefficient (Wildman–Crippen LogP) is 1.69. The van der Waals surface area contributed by atoms with Gasteiger partial charge in [0.1, 0.15) is 5.70 Å². The summed E-state index contributed by atoms with van der Waals surface area (Å²) in [5.41, 5.74) is 0.0476. The Labute approximate surface area is 204 Å². The van der Waals surface area contributed by atoms with Crippen LogP contribution in [-0.4, -0.2) is 68.4 Å². The van der Waals surface area contributed by atoms with E-state index < -0.39 is 18.0 Å². The number of nitrogens with one attached hydrogen (secondary N) is 2. The second-order valence-corrected chi connectivity index (χ2v) is 13.2. The smallest absolute Gasteiger partial charge is 0.353 e. The number of hydrogen-bond donors (Lipinski definition) is 4. The molecule has 34 heavy (non-hydrogen) atoms. The lowest BCUT2D eigenvalue weighted by molar-refractivity contribution is -0.163. The van der Waals surface area contributed by atoms with E-state index in [1.165, 1.54) is 35.9 Å².